The molecule has 2 unspecified atom stereocenters. The van der Waals surface area contributed by atoms with E-state index < -0.39 is 0 Å². The van der Waals surface area contributed by atoms with Gasteiger partial charge in [-0.3, -0.25) is 0 Å². The van der Waals surface area contributed by atoms with Crippen molar-refractivity contribution < 1.29 is 4.74 Å². The average Bonchev–Trinajstić information content (AvgIpc) is 3.51. The molecular weight excluding hydrogens is 404 g/mol. The Morgan fingerprint density at radius 2 is 1.77 bits per heavy atom. The molecule has 1 aliphatic carbocycles. The van der Waals surface area contributed by atoms with Gasteiger partial charge in [0.05, 0.1) is 4.70 Å². The Kier molecular flexibility index (Phi) is 5.38. The number of nitrogens with zero attached hydrogens (tertiary/aromatic N) is 3. The van der Waals surface area contributed by atoms with Crippen LogP contribution in [-0.2, 0) is 4.74 Å². The van der Waals surface area contributed by atoms with E-state index in [2.05, 4.69) is 56.1 Å². The van der Waals surface area contributed by atoms with Gasteiger partial charge in [-0.05, 0) is 54.9 Å². The van der Waals surface area contributed by atoms with Crippen LogP contribution in [0.4, 0.5) is 5.82 Å². The molecule has 0 amide bonds. The van der Waals surface area contributed by atoms with E-state index in [1.165, 1.54) is 55.4 Å². The molecule has 31 heavy (non-hydrogen) atoms. The maximum atomic E-state index is 5.53. The van der Waals surface area contributed by atoms with Gasteiger partial charge in [0.1, 0.15) is 5.69 Å². The molecule has 1 N–H and O–H groups in total. The van der Waals surface area contributed by atoms with E-state index in [1.807, 2.05) is 6.07 Å². The van der Waals surface area contributed by atoms with Gasteiger partial charge in [0.15, 0.2) is 5.82 Å². The van der Waals surface area contributed by atoms with Crippen LogP contribution in [0.15, 0.2) is 41.8 Å². The highest BCUT2D eigenvalue weighted by atomic mass is 32.1. The first-order valence-corrected chi connectivity index (χ1v) is 12.6. The minimum atomic E-state index is 0.516. The normalized spacial score (nSPS) is 27.0. The smallest absolute Gasteiger partial charge is 0.166 e. The largest absolute Gasteiger partial charge is 0.381 e. The standard InChI is InChI=1S/C25H30N4OS/c1-2-4-18(5-3-1)23-22-8-11-31-24(22)25(28-27-23)26-21-12-19-15-29(16-20(19)13-21)14-17-6-9-30-10-7-17/h1-5,8,11,17,19-21H,6-7,9-10,12-16H2,(H,26,28)/t19-,20?,21?/m1/s1. The summed E-state index contributed by atoms with van der Waals surface area (Å²) in [6, 6.07) is 13.1. The van der Waals surface area contributed by atoms with Gasteiger partial charge in [0.2, 0.25) is 0 Å². The number of hydrogen-bond acceptors (Lipinski definition) is 6. The quantitative estimate of drug-likeness (QED) is 0.618. The number of nitrogens with one attached hydrogen (secondary N) is 1. The molecule has 3 aliphatic rings. The van der Waals surface area contributed by atoms with Gasteiger partial charge < -0.3 is 15.0 Å². The Labute approximate surface area is 187 Å². The molecule has 6 rings (SSSR count). The van der Waals surface area contributed by atoms with Crippen LogP contribution in [0.5, 0.6) is 0 Å². The van der Waals surface area contributed by atoms with Gasteiger partial charge in [0.25, 0.3) is 0 Å². The van der Waals surface area contributed by atoms with Crippen LogP contribution in [0.2, 0.25) is 0 Å². The number of anilines is 1. The highest BCUT2D eigenvalue weighted by Crippen LogP contribution is 2.41. The molecule has 0 spiro atoms. The summed E-state index contributed by atoms with van der Waals surface area (Å²) < 4.78 is 6.76. The van der Waals surface area contributed by atoms with Crippen LogP contribution in [-0.4, -0.2) is 54.0 Å². The highest BCUT2D eigenvalue weighted by molar-refractivity contribution is 7.17. The van der Waals surface area contributed by atoms with Gasteiger partial charge in [-0.15, -0.1) is 21.5 Å². The fraction of sp³-hybridized carbons (Fsp3) is 0.520. The third-order valence-corrected chi connectivity index (χ3v) is 8.38. The fourth-order valence-corrected chi connectivity index (χ4v) is 6.78. The lowest BCUT2D eigenvalue weighted by molar-refractivity contribution is 0.0545. The summed E-state index contributed by atoms with van der Waals surface area (Å²) in [6.07, 6.45) is 4.99. The van der Waals surface area contributed by atoms with Crippen molar-refractivity contribution in [1.29, 1.82) is 0 Å². The van der Waals surface area contributed by atoms with Crippen LogP contribution >= 0.6 is 11.3 Å². The Hall–Kier alpha value is -2.02. The molecule has 3 fully saturated rings. The van der Waals surface area contributed by atoms with E-state index in [-0.39, 0.29) is 0 Å². The first-order valence-electron chi connectivity index (χ1n) is 11.7. The number of ether oxygens (including phenoxy) is 1. The van der Waals surface area contributed by atoms with Crippen molar-refractivity contribution in [3.63, 3.8) is 0 Å². The number of fused-ring (bicyclic) bond motifs is 2. The van der Waals surface area contributed by atoms with Gasteiger partial charge in [-0.1, -0.05) is 30.3 Å². The number of hydrogen-bond donors (Lipinski definition) is 1. The SMILES string of the molecule is c1ccc(-c2nnc(NC3CC4CN(CC5CCOCC5)C[C@H]4C3)c3sccc23)cc1. The van der Waals surface area contributed by atoms with Crippen molar-refractivity contribution >= 4 is 27.2 Å². The Balaban J connectivity index is 1.12. The second-order valence-corrected chi connectivity index (χ2v) is 10.4. The minimum Gasteiger partial charge on any atom is -0.381 e. The van der Waals surface area contributed by atoms with Crippen molar-refractivity contribution in [1.82, 2.24) is 15.1 Å². The molecule has 0 radical (unpaired) electrons. The van der Waals surface area contributed by atoms with E-state index in [1.54, 1.807) is 11.3 Å². The summed E-state index contributed by atoms with van der Waals surface area (Å²) in [5, 5.41) is 16.4. The first kappa shape index (κ1) is 19.6. The topological polar surface area (TPSA) is 50.3 Å². The molecule has 4 heterocycles. The molecule has 1 aromatic carbocycles. The maximum Gasteiger partial charge on any atom is 0.166 e. The second kappa shape index (κ2) is 8.49. The van der Waals surface area contributed by atoms with Gasteiger partial charge >= 0.3 is 0 Å². The minimum absolute atomic E-state index is 0.516. The molecular formula is C25H30N4OS. The van der Waals surface area contributed by atoms with Crippen LogP contribution < -0.4 is 5.32 Å². The molecule has 5 nitrogen and oxygen atoms in total. The van der Waals surface area contributed by atoms with Crippen molar-refractivity contribution in [3.8, 4) is 11.3 Å². The Bertz CT molecular complexity index is 1020. The predicted molar refractivity (Wildman–Crippen MR) is 126 cm³/mol. The van der Waals surface area contributed by atoms with E-state index in [4.69, 9.17) is 4.74 Å². The van der Waals surface area contributed by atoms with Gasteiger partial charge in [-0.25, -0.2) is 0 Å². The van der Waals surface area contributed by atoms with E-state index in [9.17, 15) is 0 Å². The molecule has 2 saturated heterocycles. The zero-order valence-corrected chi connectivity index (χ0v) is 18.7. The van der Waals surface area contributed by atoms with E-state index >= 15 is 0 Å². The molecule has 6 heteroatoms. The summed E-state index contributed by atoms with van der Waals surface area (Å²) in [7, 11) is 0. The lowest BCUT2D eigenvalue weighted by Gasteiger charge is -2.27. The van der Waals surface area contributed by atoms with Crippen LogP contribution in [0.3, 0.4) is 0 Å². The lowest BCUT2D eigenvalue weighted by atomic mass is 10.00. The first-order chi connectivity index (χ1) is 15.3. The third-order valence-electron chi connectivity index (χ3n) is 7.46. The third kappa shape index (κ3) is 3.97. The summed E-state index contributed by atoms with van der Waals surface area (Å²) >= 11 is 1.76. The van der Waals surface area contributed by atoms with Crippen molar-refractivity contribution in [2.75, 3.05) is 38.2 Å². The molecule has 2 aliphatic heterocycles. The molecule has 3 aromatic rings. The summed E-state index contributed by atoms with van der Waals surface area (Å²) in [6.45, 7) is 5.73. The van der Waals surface area contributed by atoms with Crippen molar-refractivity contribution in [2.45, 2.75) is 31.7 Å². The molecule has 162 valence electrons. The Morgan fingerprint density at radius 3 is 2.55 bits per heavy atom. The Morgan fingerprint density at radius 1 is 1.00 bits per heavy atom. The van der Waals surface area contributed by atoms with Crippen LogP contribution in [0.1, 0.15) is 25.7 Å². The molecule has 1 saturated carbocycles. The zero-order valence-electron chi connectivity index (χ0n) is 17.9. The van der Waals surface area contributed by atoms with E-state index in [0.29, 0.717) is 6.04 Å². The summed E-state index contributed by atoms with van der Waals surface area (Å²) in [5.74, 6) is 3.46. The second-order valence-electron chi connectivity index (χ2n) is 9.53. The molecule has 2 aromatic heterocycles. The maximum absolute atomic E-state index is 5.53. The average molecular weight is 435 g/mol. The number of benzene rings is 1. The zero-order chi connectivity index (χ0) is 20.6. The number of thiophene rings is 1. The molecule has 3 atom stereocenters. The number of aromatic nitrogens is 2. The van der Waals surface area contributed by atoms with Crippen molar-refractivity contribution in [2.24, 2.45) is 17.8 Å². The van der Waals surface area contributed by atoms with Gasteiger partial charge in [-0.2, -0.15) is 0 Å². The number of rotatable bonds is 5. The van der Waals surface area contributed by atoms with Crippen LogP contribution in [0.25, 0.3) is 21.3 Å². The monoisotopic (exact) mass is 434 g/mol. The van der Waals surface area contributed by atoms with Gasteiger partial charge in [0, 0.05) is 49.8 Å². The van der Waals surface area contributed by atoms with Crippen LogP contribution in [0, 0.1) is 17.8 Å². The molecule has 0 bridgehead atoms. The summed E-state index contributed by atoms with van der Waals surface area (Å²) in [4.78, 5) is 2.73. The highest BCUT2D eigenvalue weighted by Gasteiger charge is 2.41. The number of likely N-dealkylation sites (tertiary alicyclic amines) is 1. The van der Waals surface area contributed by atoms with Crippen molar-refractivity contribution in [3.05, 3.63) is 41.8 Å². The summed E-state index contributed by atoms with van der Waals surface area (Å²) in [5.41, 5.74) is 2.11. The fourth-order valence-electron chi connectivity index (χ4n) is 5.93. The predicted octanol–water partition coefficient (Wildman–Crippen LogP) is 4.91. The lowest BCUT2D eigenvalue weighted by Crippen LogP contribution is -2.32. The van der Waals surface area contributed by atoms with E-state index in [0.717, 1.165) is 48.0 Å².